The minimum atomic E-state index is -0.0333. The van der Waals surface area contributed by atoms with Crippen LogP contribution in [0.5, 0.6) is 0 Å². The van der Waals surface area contributed by atoms with E-state index in [1.807, 2.05) is 16.7 Å². The van der Waals surface area contributed by atoms with Crippen molar-refractivity contribution in [1.82, 2.24) is 24.9 Å². The van der Waals surface area contributed by atoms with Crippen molar-refractivity contribution < 1.29 is 9.59 Å². The van der Waals surface area contributed by atoms with Gasteiger partial charge < -0.3 is 9.80 Å². The van der Waals surface area contributed by atoms with Crippen LogP contribution < -0.4 is 0 Å². The van der Waals surface area contributed by atoms with Crippen LogP contribution in [0.15, 0.2) is 6.07 Å². The van der Waals surface area contributed by atoms with Crippen LogP contribution in [-0.2, 0) is 4.79 Å². The molecule has 2 aliphatic heterocycles. The molecule has 0 radical (unpaired) electrons. The third kappa shape index (κ3) is 4.39. The molecule has 7 heteroatoms. The number of aromatic amines is 1. The Labute approximate surface area is 149 Å². The summed E-state index contributed by atoms with van der Waals surface area (Å²) in [7, 11) is 0. The zero-order valence-electron chi connectivity index (χ0n) is 15.5. The molecule has 0 aromatic carbocycles. The molecule has 0 spiro atoms. The van der Waals surface area contributed by atoms with Crippen LogP contribution in [0, 0.1) is 18.8 Å². The summed E-state index contributed by atoms with van der Waals surface area (Å²) >= 11 is 0. The van der Waals surface area contributed by atoms with Gasteiger partial charge in [0, 0.05) is 45.0 Å². The molecule has 3 rings (SSSR count). The fourth-order valence-electron chi connectivity index (χ4n) is 3.96. The largest absolute Gasteiger partial charge is 0.341 e. The SMILES string of the molecule is Cc1cc(C(=O)N2CCN(CC(=O)N3C[C@H](C)C[C@@H](C)C3)CC2)n[nH]1. The van der Waals surface area contributed by atoms with E-state index >= 15 is 0 Å². The first-order valence-corrected chi connectivity index (χ1v) is 9.23. The maximum absolute atomic E-state index is 12.6. The number of amides is 2. The van der Waals surface area contributed by atoms with E-state index in [4.69, 9.17) is 0 Å². The predicted molar refractivity (Wildman–Crippen MR) is 95.2 cm³/mol. The maximum Gasteiger partial charge on any atom is 0.274 e. The number of piperidine rings is 1. The number of carbonyl (C=O) groups excluding carboxylic acids is 2. The third-order valence-corrected chi connectivity index (χ3v) is 5.16. The van der Waals surface area contributed by atoms with Gasteiger partial charge in [-0.15, -0.1) is 0 Å². The maximum atomic E-state index is 12.6. The highest BCUT2D eigenvalue weighted by Crippen LogP contribution is 2.21. The van der Waals surface area contributed by atoms with Gasteiger partial charge in [-0.3, -0.25) is 19.6 Å². The average Bonchev–Trinajstić information content (AvgIpc) is 3.00. The quantitative estimate of drug-likeness (QED) is 0.885. The van der Waals surface area contributed by atoms with E-state index in [2.05, 4.69) is 28.9 Å². The first-order valence-electron chi connectivity index (χ1n) is 9.23. The summed E-state index contributed by atoms with van der Waals surface area (Å²) in [5.41, 5.74) is 1.36. The summed E-state index contributed by atoms with van der Waals surface area (Å²) < 4.78 is 0. The molecule has 2 fully saturated rings. The summed E-state index contributed by atoms with van der Waals surface area (Å²) in [4.78, 5) is 31.0. The zero-order chi connectivity index (χ0) is 18.0. The molecule has 2 atom stereocenters. The number of nitrogens with zero attached hydrogens (tertiary/aromatic N) is 4. The predicted octanol–water partition coefficient (Wildman–Crippen LogP) is 0.980. The standard InChI is InChI=1S/C18H29N5O2/c1-13-8-14(2)11-23(10-13)17(24)12-21-4-6-22(7-5-21)18(25)16-9-15(3)19-20-16/h9,13-14H,4-8,10-12H2,1-3H3,(H,19,20)/t13-,14-/m1/s1. The van der Waals surface area contributed by atoms with Crippen LogP contribution in [0.25, 0.3) is 0 Å². The molecule has 25 heavy (non-hydrogen) atoms. The van der Waals surface area contributed by atoms with Crippen molar-refractivity contribution >= 4 is 11.8 Å². The van der Waals surface area contributed by atoms with Gasteiger partial charge in [0.2, 0.25) is 5.91 Å². The molecule has 3 heterocycles. The number of carbonyl (C=O) groups is 2. The Hall–Kier alpha value is -1.89. The summed E-state index contributed by atoms with van der Waals surface area (Å²) in [5.74, 6) is 1.36. The van der Waals surface area contributed by atoms with Crippen LogP contribution in [0.2, 0.25) is 0 Å². The van der Waals surface area contributed by atoms with E-state index in [0.29, 0.717) is 37.2 Å². The lowest BCUT2D eigenvalue weighted by Gasteiger charge is -2.38. The number of H-pyrrole nitrogens is 1. The summed E-state index contributed by atoms with van der Waals surface area (Å²) in [5, 5.41) is 6.85. The number of hydrogen-bond acceptors (Lipinski definition) is 4. The monoisotopic (exact) mass is 347 g/mol. The topological polar surface area (TPSA) is 72.5 Å². The molecule has 7 nitrogen and oxygen atoms in total. The van der Waals surface area contributed by atoms with Crippen molar-refractivity contribution in [2.24, 2.45) is 11.8 Å². The Bertz CT molecular complexity index is 611. The average molecular weight is 347 g/mol. The highest BCUT2D eigenvalue weighted by Gasteiger charge is 2.28. The van der Waals surface area contributed by atoms with E-state index in [0.717, 1.165) is 31.9 Å². The first kappa shape index (κ1) is 17.9. The molecule has 2 amide bonds. The van der Waals surface area contributed by atoms with Crippen molar-refractivity contribution in [2.75, 3.05) is 45.8 Å². The fourth-order valence-corrected chi connectivity index (χ4v) is 3.96. The molecule has 0 saturated carbocycles. The third-order valence-electron chi connectivity index (χ3n) is 5.16. The van der Waals surface area contributed by atoms with Crippen LogP contribution in [0.3, 0.4) is 0 Å². The second-order valence-electron chi connectivity index (χ2n) is 7.75. The number of aromatic nitrogens is 2. The normalized spacial score (nSPS) is 25.2. The van der Waals surface area contributed by atoms with Crippen molar-refractivity contribution in [3.8, 4) is 0 Å². The van der Waals surface area contributed by atoms with Gasteiger partial charge in [0.05, 0.1) is 6.54 Å². The molecule has 1 aromatic rings. The van der Waals surface area contributed by atoms with Crippen LogP contribution in [0.4, 0.5) is 0 Å². The molecule has 138 valence electrons. The van der Waals surface area contributed by atoms with Gasteiger partial charge in [0.25, 0.3) is 5.91 Å². The van der Waals surface area contributed by atoms with Gasteiger partial charge in [-0.05, 0) is 31.2 Å². The van der Waals surface area contributed by atoms with Crippen LogP contribution in [-0.4, -0.2) is 82.5 Å². The Morgan fingerprint density at radius 3 is 2.32 bits per heavy atom. The van der Waals surface area contributed by atoms with E-state index in [-0.39, 0.29) is 11.8 Å². The molecule has 2 saturated heterocycles. The van der Waals surface area contributed by atoms with Crippen molar-refractivity contribution in [3.63, 3.8) is 0 Å². The summed E-state index contributed by atoms with van der Waals surface area (Å²) in [6.07, 6.45) is 1.21. The van der Waals surface area contributed by atoms with Crippen LogP contribution in [0.1, 0.15) is 36.5 Å². The molecular formula is C18H29N5O2. The molecule has 2 aliphatic rings. The van der Waals surface area contributed by atoms with Crippen molar-refractivity contribution in [3.05, 3.63) is 17.5 Å². The van der Waals surface area contributed by atoms with E-state index in [1.54, 1.807) is 6.07 Å². The first-order chi connectivity index (χ1) is 11.9. The van der Waals surface area contributed by atoms with Gasteiger partial charge in [0.1, 0.15) is 5.69 Å². The lowest BCUT2D eigenvalue weighted by molar-refractivity contribution is -0.135. The molecule has 0 unspecified atom stereocenters. The molecule has 0 bridgehead atoms. The van der Waals surface area contributed by atoms with E-state index in [1.165, 1.54) is 6.42 Å². The second kappa shape index (κ2) is 7.56. The Kier molecular flexibility index (Phi) is 5.42. The number of piperazine rings is 1. The van der Waals surface area contributed by atoms with Gasteiger partial charge in [-0.25, -0.2) is 0 Å². The van der Waals surface area contributed by atoms with Crippen LogP contribution >= 0.6 is 0 Å². The Morgan fingerprint density at radius 2 is 1.76 bits per heavy atom. The summed E-state index contributed by atoms with van der Waals surface area (Å²) in [6, 6.07) is 1.77. The molecule has 1 aromatic heterocycles. The number of rotatable bonds is 3. The number of hydrogen-bond donors (Lipinski definition) is 1. The number of nitrogens with one attached hydrogen (secondary N) is 1. The molecule has 0 aliphatic carbocycles. The van der Waals surface area contributed by atoms with Crippen molar-refractivity contribution in [2.45, 2.75) is 27.2 Å². The second-order valence-corrected chi connectivity index (χ2v) is 7.75. The highest BCUT2D eigenvalue weighted by atomic mass is 16.2. The Balaban J connectivity index is 1.47. The van der Waals surface area contributed by atoms with Gasteiger partial charge in [-0.2, -0.15) is 5.10 Å². The molecular weight excluding hydrogens is 318 g/mol. The van der Waals surface area contributed by atoms with E-state index in [9.17, 15) is 9.59 Å². The van der Waals surface area contributed by atoms with Gasteiger partial charge in [0.15, 0.2) is 0 Å². The van der Waals surface area contributed by atoms with Crippen molar-refractivity contribution in [1.29, 1.82) is 0 Å². The minimum Gasteiger partial charge on any atom is -0.341 e. The Morgan fingerprint density at radius 1 is 1.12 bits per heavy atom. The van der Waals surface area contributed by atoms with Gasteiger partial charge in [-0.1, -0.05) is 13.8 Å². The van der Waals surface area contributed by atoms with Gasteiger partial charge >= 0.3 is 0 Å². The highest BCUT2D eigenvalue weighted by molar-refractivity contribution is 5.92. The number of aryl methyl sites for hydroxylation is 1. The minimum absolute atomic E-state index is 0.0333. The lowest BCUT2D eigenvalue weighted by atomic mass is 9.92. The summed E-state index contributed by atoms with van der Waals surface area (Å²) in [6.45, 7) is 11.3. The zero-order valence-corrected chi connectivity index (χ0v) is 15.5. The lowest BCUT2D eigenvalue weighted by Crippen LogP contribution is -2.53. The smallest absolute Gasteiger partial charge is 0.274 e. The molecule has 1 N–H and O–H groups in total. The fraction of sp³-hybridized carbons (Fsp3) is 0.722. The number of likely N-dealkylation sites (tertiary alicyclic amines) is 1. The van der Waals surface area contributed by atoms with E-state index < -0.39 is 0 Å².